The van der Waals surface area contributed by atoms with Crippen molar-refractivity contribution in [2.45, 2.75) is 6.92 Å². The van der Waals surface area contributed by atoms with Crippen LogP contribution in [-0.2, 0) is 0 Å². The molecule has 1 heterocycles. The Bertz CT molecular complexity index is 1050. The lowest BCUT2D eigenvalue weighted by Gasteiger charge is -1.96. The number of aromatic amines is 1. The van der Waals surface area contributed by atoms with Gasteiger partial charge in [0.25, 0.3) is 11.6 Å². The lowest BCUT2D eigenvalue weighted by molar-refractivity contribution is -0.385. The quantitative estimate of drug-likeness (QED) is 0.388. The minimum Gasteiger partial charge on any atom is -0.272 e. The number of amides is 1. The smallest absolute Gasteiger partial charge is 0.272 e. The van der Waals surface area contributed by atoms with Gasteiger partial charge < -0.3 is 0 Å². The van der Waals surface area contributed by atoms with Gasteiger partial charge in [-0.15, -0.1) is 0 Å². The van der Waals surface area contributed by atoms with Gasteiger partial charge in [-0.1, -0.05) is 42.0 Å². The summed E-state index contributed by atoms with van der Waals surface area (Å²) in [5.74, 6) is -0.443. The summed E-state index contributed by atoms with van der Waals surface area (Å²) < 4.78 is 0. The maximum atomic E-state index is 12.1. The standard InChI is InChI=1S/C20H17N5O3/c1-14-8-10-15(11-9-14)17-13-18(23-22-17)20(26)24-21-12-4-6-16-5-2-3-7-19(16)25(27)28/h2-13H,1H3,(H,22,23)(H,24,26)/b6-4+,21-12+. The molecular formula is C20H17N5O3. The molecule has 140 valence electrons. The molecule has 8 nitrogen and oxygen atoms in total. The Balaban J connectivity index is 1.60. The van der Waals surface area contributed by atoms with E-state index >= 15 is 0 Å². The highest BCUT2D eigenvalue weighted by atomic mass is 16.6. The van der Waals surface area contributed by atoms with Gasteiger partial charge in [-0.25, -0.2) is 5.43 Å². The Hall–Kier alpha value is -4.07. The van der Waals surface area contributed by atoms with Crippen LogP contribution < -0.4 is 5.43 Å². The summed E-state index contributed by atoms with van der Waals surface area (Å²) >= 11 is 0. The summed E-state index contributed by atoms with van der Waals surface area (Å²) in [5, 5.41) is 21.6. The maximum absolute atomic E-state index is 12.1. The highest BCUT2D eigenvalue weighted by Crippen LogP contribution is 2.19. The highest BCUT2D eigenvalue weighted by Gasteiger charge is 2.10. The number of para-hydroxylation sites is 1. The predicted molar refractivity (Wildman–Crippen MR) is 107 cm³/mol. The number of H-pyrrole nitrogens is 1. The van der Waals surface area contributed by atoms with Gasteiger partial charge >= 0.3 is 0 Å². The molecular weight excluding hydrogens is 358 g/mol. The monoisotopic (exact) mass is 375 g/mol. The number of aromatic nitrogens is 2. The van der Waals surface area contributed by atoms with Gasteiger partial charge in [0, 0.05) is 17.8 Å². The number of hydrogen-bond donors (Lipinski definition) is 2. The number of carbonyl (C=O) groups excluding carboxylic acids is 1. The Labute approximate surface area is 160 Å². The largest absolute Gasteiger partial charge is 0.289 e. The molecule has 0 aliphatic heterocycles. The lowest BCUT2D eigenvalue weighted by atomic mass is 10.1. The molecule has 2 aromatic carbocycles. The van der Waals surface area contributed by atoms with Crippen molar-refractivity contribution in [3.63, 3.8) is 0 Å². The number of hydrogen-bond acceptors (Lipinski definition) is 5. The van der Waals surface area contributed by atoms with Crippen molar-refractivity contribution in [2.75, 3.05) is 0 Å². The lowest BCUT2D eigenvalue weighted by Crippen LogP contribution is -2.17. The van der Waals surface area contributed by atoms with Crippen molar-refractivity contribution >= 4 is 23.9 Å². The molecule has 0 spiro atoms. The minimum absolute atomic E-state index is 0.00252. The molecule has 0 aliphatic rings. The van der Waals surface area contributed by atoms with Crippen molar-refractivity contribution in [2.24, 2.45) is 5.10 Å². The van der Waals surface area contributed by atoms with Crippen molar-refractivity contribution in [3.8, 4) is 11.3 Å². The minimum atomic E-state index is -0.456. The third kappa shape index (κ3) is 4.55. The van der Waals surface area contributed by atoms with Gasteiger partial charge in [-0.3, -0.25) is 20.0 Å². The molecule has 0 radical (unpaired) electrons. The maximum Gasteiger partial charge on any atom is 0.289 e. The molecule has 8 heteroatoms. The van der Waals surface area contributed by atoms with Crippen LogP contribution in [-0.4, -0.2) is 27.2 Å². The van der Waals surface area contributed by atoms with Gasteiger partial charge in [0.1, 0.15) is 5.69 Å². The molecule has 0 saturated heterocycles. The fourth-order valence-corrected chi connectivity index (χ4v) is 2.45. The van der Waals surface area contributed by atoms with E-state index in [0.717, 1.165) is 11.1 Å². The van der Waals surface area contributed by atoms with Crippen LogP contribution in [0.4, 0.5) is 5.69 Å². The summed E-state index contributed by atoms with van der Waals surface area (Å²) in [4.78, 5) is 22.6. The fourth-order valence-electron chi connectivity index (χ4n) is 2.45. The molecule has 0 unspecified atom stereocenters. The number of carbonyl (C=O) groups is 1. The number of rotatable bonds is 6. The van der Waals surface area contributed by atoms with Crippen LogP contribution in [0.5, 0.6) is 0 Å². The van der Waals surface area contributed by atoms with Crippen LogP contribution in [0.15, 0.2) is 65.8 Å². The normalized spacial score (nSPS) is 11.2. The van der Waals surface area contributed by atoms with Crippen LogP contribution >= 0.6 is 0 Å². The molecule has 1 aromatic heterocycles. The molecule has 28 heavy (non-hydrogen) atoms. The Kier molecular flexibility index (Phi) is 5.71. The van der Waals surface area contributed by atoms with Crippen molar-refractivity contribution < 1.29 is 9.72 Å². The van der Waals surface area contributed by atoms with E-state index in [1.165, 1.54) is 18.4 Å². The fraction of sp³-hybridized carbons (Fsp3) is 0.0500. The van der Waals surface area contributed by atoms with Gasteiger partial charge in [0.2, 0.25) is 0 Å². The number of aryl methyl sites for hydroxylation is 1. The first-order valence-electron chi connectivity index (χ1n) is 8.40. The van der Waals surface area contributed by atoms with E-state index in [2.05, 4.69) is 20.7 Å². The molecule has 0 atom stereocenters. The van der Waals surface area contributed by atoms with E-state index in [1.807, 2.05) is 31.2 Å². The molecule has 0 saturated carbocycles. The number of allylic oxidation sites excluding steroid dienone is 1. The summed E-state index contributed by atoms with van der Waals surface area (Å²) in [6.45, 7) is 2.00. The van der Waals surface area contributed by atoms with Crippen LogP contribution in [0, 0.1) is 17.0 Å². The van der Waals surface area contributed by atoms with Crippen LogP contribution in [0.3, 0.4) is 0 Å². The second kappa shape index (κ2) is 8.54. The zero-order chi connectivity index (χ0) is 19.9. The third-order valence-corrected chi connectivity index (χ3v) is 3.91. The Morgan fingerprint density at radius 3 is 2.71 bits per heavy atom. The van der Waals surface area contributed by atoms with Crippen molar-refractivity contribution in [1.29, 1.82) is 0 Å². The highest BCUT2D eigenvalue weighted by molar-refractivity contribution is 5.94. The van der Waals surface area contributed by atoms with Crippen molar-refractivity contribution in [3.05, 3.63) is 87.6 Å². The average Bonchev–Trinajstić information content (AvgIpc) is 3.18. The van der Waals surface area contributed by atoms with E-state index in [9.17, 15) is 14.9 Å². The second-order valence-corrected chi connectivity index (χ2v) is 5.93. The summed E-state index contributed by atoms with van der Waals surface area (Å²) in [6, 6.07) is 15.8. The average molecular weight is 375 g/mol. The molecule has 0 aliphatic carbocycles. The summed E-state index contributed by atoms with van der Waals surface area (Å²) in [6.07, 6.45) is 4.39. The number of nitro benzene ring substituents is 1. The first-order valence-corrected chi connectivity index (χ1v) is 8.40. The van der Waals surface area contributed by atoms with Crippen LogP contribution in [0.2, 0.25) is 0 Å². The molecule has 3 aromatic rings. The first-order chi connectivity index (χ1) is 13.5. The zero-order valence-electron chi connectivity index (χ0n) is 15.0. The van der Waals surface area contributed by atoms with E-state index in [1.54, 1.807) is 30.3 Å². The SMILES string of the molecule is Cc1ccc(-c2cc(C(=O)N/N=C/C=C/c3ccccc3[N+](=O)[O-])[nH]n2)cc1. The molecule has 0 fully saturated rings. The summed E-state index contributed by atoms with van der Waals surface area (Å²) in [5.41, 5.74) is 5.78. The van der Waals surface area contributed by atoms with Crippen LogP contribution in [0.1, 0.15) is 21.6 Å². The first kappa shape index (κ1) is 18.7. The number of hydrazone groups is 1. The third-order valence-electron chi connectivity index (χ3n) is 3.91. The summed E-state index contributed by atoms with van der Waals surface area (Å²) in [7, 11) is 0. The van der Waals surface area contributed by atoms with E-state index in [4.69, 9.17) is 0 Å². The van der Waals surface area contributed by atoms with Gasteiger partial charge in [0.15, 0.2) is 0 Å². The van der Waals surface area contributed by atoms with E-state index in [0.29, 0.717) is 11.3 Å². The zero-order valence-corrected chi connectivity index (χ0v) is 15.0. The van der Waals surface area contributed by atoms with Gasteiger partial charge in [-0.2, -0.15) is 10.2 Å². The second-order valence-electron chi connectivity index (χ2n) is 5.93. The molecule has 2 N–H and O–H groups in total. The van der Waals surface area contributed by atoms with Crippen LogP contribution in [0.25, 0.3) is 17.3 Å². The predicted octanol–water partition coefficient (Wildman–Crippen LogP) is 3.72. The van der Waals surface area contributed by atoms with Crippen molar-refractivity contribution in [1.82, 2.24) is 15.6 Å². The Morgan fingerprint density at radius 1 is 1.21 bits per heavy atom. The molecule has 3 rings (SSSR count). The molecule has 1 amide bonds. The number of nitrogens with one attached hydrogen (secondary N) is 2. The topological polar surface area (TPSA) is 113 Å². The van der Waals surface area contributed by atoms with E-state index < -0.39 is 10.8 Å². The van der Waals surface area contributed by atoms with Gasteiger partial charge in [0.05, 0.1) is 16.2 Å². The number of nitrogens with zero attached hydrogens (tertiary/aromatic N) is 3. The Morgan fingerprint density at radius 2 is 1.96 bits per heavy atom. The van der Waals surface area contributed by atoms with Gasteiger partial charge in [-0.05, 0) is 31.2 Å². The number of nitro groups is 1. The molecule has 0 bridgehead atoms. The number of benzene rings is 2. The van der Waals surface area contributed by atoms with E-state index in [-0.39, 0.29) is 11.4 Å².